The predicted octanol–water partition coefficient (Wildman–Crippen LogP) is 2.66. The van der Waals surface area contributed by atoms with Crippen LogP contribution in [-0.4, -0.2) is 42.3 Å². The fraction of sp³-hybridized carbons (Fsp3) is 0.500. The maximum atomic E-state index is 12.4. The van der Waals surface area contributed by atoms with Crippen LogP contribution in [0.4, 0.5) is 10.5 Å². The highest BCUT2D eigenvalue weighted by Gasteiger charge is 2.28. The molecule has 2 N–H and O–H groups in total. The Bertz CT molecular complexity index is 615. The van der Waals surface area contributed by atoms with Crippen LogP contribution >= 0.6 is 0 Å². The molecule has 1 fully saturated rings. The van der Waals surface area contributed by atoms with Gasteiger partial charge >= 0.3 is 6.03 Å². The van der Waals surface area contributed by atoms with Gasteiger partial charge in [-0.3, -0.25) is 9.59 Å². The molecule has 0 radical (unpaired) electrons. The zero-order valence-electron chi connectivity index (χ0n) is 14.3. The standard InChI is InChI=1S/C18H25N3O3/c1-3-9-19-17(23)15-7-5-10-21(12-15)18(24)20-16-8-4-6-14(11-16)13(2)22/h4,6,8,11,15H,3,5,7,9-10,12H2,1-2H3,(H,19,23)(H,20,24)/t15-/m1/s1. The Morgan fingerprint density at radius 2 is 2.08 bits per heavy atom. The van der Waals surface area contributed by atoms with Gasteiger partial charge in [-0.1, -0.05) is 19.1 Å². The van der Waals surface area contributed by atoms with Crippen LogP contribution in [0, 0.1) is 5.92 Å². The Morgan fingerprint density at radius 1 is 1.29 bits per heavy atom. The number of urea groups is 1. The molecule has 1 saturated heterocycles. The van der Waals surface area contributed by atoms with Crippen LogP contribution in [0.15, 0.2) is 24.3 Å². The molecule has 2 rings (SSSR count). The first-order chi connectivity index (χ1) is 11.5. The number of likely N-dealkylation sites (tertiary alicyclic amines) is 1. The first-order valence-corrected chi connectivity index (χ1v) is 8.46. The third kappa shape index (κ3) is 4.81. The van der Waals surface area contributed by atoms with Crippen molar-refractivity contribution < 1.29 is 14.4 Å². The molecule has 1 aromatic rings. The molecular formula is C18H25N3O3. The van der Waals surface area contributed by atoms with Crippen LogP contribution in [0.2, 0.25) is 0 Å². The molecule has 0 bridgehead atoms. The summed E-state index contributed by atoms with van der Waals surface area (Å²) in [7, 11) is 0. The Balaban J connectivity index is 1.95. The fourth-order valence-electron chi connectivity index (χ4n) is 2.79. The summed E-state index contributed by atoms with van der Waals surface area (Å²) in [6.45, 7) is 5.23. The molecule has 3 amide bonds. The first-order valence-electron chi connectivity index (χ1n) is 8.46. The Kier molecular flexibility index (Phi) is 6.35. The van der Waals surface area contributed by atoms with E-state index in [0.717, 1.165) is 19.3 Å². The van der Waals surface area contributed by atoms with Crippen molar-refractivity contribution in [2.45, 2.75) is 33.1 Å². The molecule has 6 heteroatoms. The minimum Gasteiger partial charge on any atom is -0.356 e. The highest BCUT2D eigenvalue weighted by atomic mass is 16.2. The summed E-state index contributed by atoms with van der Waals surface area (Å²) in [6.07, 6.45) is 2.51. The van der Waals surface area contributed by atoms with Gasteiger partial charge in [-0.25, -0.2) is 4.79 Å². The van der Waals surface area contributed by atoms with E-state index in [1.807, 2.05) is 6.92 Å². The van der Waals surface area contributed by atoms with Gasteiger partial charge in [-0.2, -0.15) is 0 Å². The Hall–Kier alpha value is -2.37. The van der Waals surface area contributed by atoms with Gasteiger partial charge in [0.2, 0.25) is 5.91 Å². The summed E-state index contributed by atoms with van der Waals surface area (Å²) in [5.74, 6) is -0.177. The molecule has 0 unspecified atom stereocenters. The average Bonchev–Trinajstić information content (AvgIpc) is 2.60. The second kappa shape index (κ2) is 8.47. The summed E-state index contributed by atoms with van der Waals surface area (Å²) in [5.41, 5.74) is 1.15. The molecule has 24 heavy (non-hydrogen) atoms. The predicted molar refractivity (Wildman–Crippen MR) is 93.1 cm³/mol. The molecule has 1 heterocycles. The van der Waals surface area contributed by atoms with Crippen LogP contribution in [0.25, 0.3) is 0 Å². The van der Waals surface area contributed by atoms with Gasteiger partial charge in [0.05, 0.1) is 5.92 Å². The quantitative estimate of drug-likeness (QED) is 0.814. The van der Waals surface area contributed by atoms with Gasteiger partial charge in [0.25, 0.3) is 0 Å². The smallest absolute Gasteiger partial charge is 0.321 e. The van der Waals surface area contributed by atoms with E-state index in [9.17, 15) is 14.4 Å². The fourth-order valence-corrected chi connectivity index (χ4v) is 2.79. The number of piperidine rings is 1. The van der Waals surface area contributed by atoms with Gasteiger partial charge in [0.1, 0.15) is 0 Å². The number of Topliss-reactive ketones (excluding diaryl/α,β-unsaturated/α-hetero) is 1. The van der Waals surface area contributed by atoms with Crippen molar-refractivity contribution in [1.29, 1.82) is 0 Å². The van der Waals surface area contributed by atoms with Crippen molar-refractivity contribution >= 4 is 23.4 Å². The van der Waals surface area contributed by atoms with Crippen LogP contribution in [-0.2, 0) is 4.79 Å². The largest absolute Gasteiger partial charge is 0.356 e. The van der Waals surface area contributed by atoms with Crippen molar-refractivity contribution in [1.82, 2.24) is 10.2 Å². The second-order valence-electron chi connectivity index (χ2n) is 6.14. The molecule has 1 atom stereocenters. The number of nitrogens with zero attached hydrogens (tertiary/aromatic N) is 1. The van der Waals surface area contributed by atoms with Crippen molar-refractivity contribution in [3.05, 3.63) is 29.8 Å². The third-order valence-corrected chi connectivity index (χ3v) is 4.15. The van der Waals surface area contributed by atoms with Crippen molar-refractivity contribution in [2.24, 2.45) is 5.92 Å². The lowest BCUT2D eigenvalue weighted by Gasteiger charge is -2.32. The minimum absolute atomic E-state index is 0.0212. The minimum atomic E-state index is -0.233. The first kappa shape index (κ1) is 18.0. The van der Waals surface area contributed by atoms with Crippen molar-refractivity contribution in [2.75, 3.05) is 25.0 Å². The van der Waals surface area contributed by atoms with E-state index in [1.54, 1.807) is 29.2 Å². The zero-order valence-corrected chi connectivity index (χ0v) is 14.3. The molecule has 1 aliphatic heterocycles. The SMILES string of the molecule is CCCNC(=O)[C@@H]1CCCN(C(=O)Nc2cccc(C(C)=O)c2)C1. The number of anilines is 1. The van der Waals surface area contributed by atoms with E-state index in [4.69, 9.17) is 0 Å². The van der Waals surface area contributed by atoms with Gasteiger partial charge in [0.15, 0.2) is 5.78 Å². The van der Waals surface area contributed by atoms with E-state index in [-0.39, 0.29) is 23.6 Å². The molecule has 1 aliphatic rings. The Labute approximate surface area is 142 Å². The van der Waals surface area contributed by atoms with Crippen molar-refractivity contribution in [3.63, 3.8) is 0 Å². The van der Waals surface area contributed by atoms with E-state index in [0.29, 0.717) is 30.9 Å². The number of hydrogen-bond acceptors (Lipinski definition) is 3. The second-order valence-corrected chi connectivity index (χ2v) is 6.14. The number of hydrogen-bond donors (Lipinski definition) is 2. The molecule has 0 aromatic heterocycles. The highest BCUT2D eigenvalue weighted by Crippen LogP contribution is 2.18. The molecular weight excluding hydrogens is 306 g/mol. The number of benzene rings is 1. The summed E-state index contributed by atoms with van der Waals surface area (Å²) in [6, 6.07) is 6.63. The number of nitrogens with one attached hydrogen (secondary N) is 2. The zero-order chi connectivity index (χ0) is 17.5. The van der Waals surface area contributed by atoms with E-state index >= 15 is 0 Å². The maximum absolute atomic E-state index is 12.4. The molecule has 0 aliphatic carbocycles. The monoisotopic (exact) mass is 331 g/mol. The van der Waals surface area contributed by atoms with Crippen LogP contribution < -0.4 is 10.6 Å². The number of amides is 3. The molecule has 6 nitrogen and oxygen atoms in total. The highest BCUT2D eigenvalue weighted by molar-refractivity contribution is 5.96. The Morgan fingerprint density at radius 3 is 2.79 bits per heavy atom. The van der Waals surface area contributed by atoms with Crippen LogP contribution in [0.1, 0.15) is 43.5 Å². The number of rotatable bonds is 5. The lowest BCUT2D eigenvalue weighted by Crippen LogP contribution is -2.47. The normalized spacial score (nSPS) is 17.2. The topological polar surface area (TPSA) is 78.5 Å². The molecule has 1 aromatic carbocycles. The molecule has 0 spiro atoms. The van der Waals surface area contributed by atoms with E-state index in [1.165, 1.54) is 6.92 Å². The van der Waals surface area contributed by atoms with Gasteiger partial charge in [-0.05, 0) is 38.3 Å². The van der Waals surface area contributed by atoms with Gasteiger partial charge < -0.3 is 15.5 Å². The lowest BCUT2D eigenvalue weighted by atomic mass is 9.97. The lowest BCUT2D eigenvalue weighted by molar-refractivity contribution is -0.126. The average molecular weight is 331 g/mol. The van der Waals surface area contributed by atoms with Gasteiger partial charge in [0, 0.05) is 30.9 Å². The van der Waals surface area contributed by atoms with Crippen molar-refractivity contribution in [3.8, 4) is 0 Å². The van der Waals surface area contributed by atoms with Gasteiger partial charge in [-0.15, -0.1) is 0 Å². The van der Waals surface area contributed by atoms with E-state index < -0.39 is 0 Å². The molecule has 0 saturated carbocycles. The number of carbonyl (C=O) groups excluding carboxylic acids is 3. The van der Waals surface area contributed by atoms with E-state index in [2.05, 4.69) is 10.6 Å². The molecule has 130 valence electrons. The van der Waals surface area contributed by atoms with Crippen LogP contribution in [0.5, 0.6) is 0 Å². The third-order valence-electron chi connectivity index (χ3n) is 4.15. The summed E-state index contributed by atoms with van der Waals surface area (Å²) >= 11 is 0. The number of carbonyl (C=O) groups is 3. The summed E-state index contributed by atoms with van der Waals surface area (Å²) in [4.78, 5) is 37.6. The summed E-state index contributed by atoms with van der Waals surface area (Å²) < 4.78 is 0. The number of ketones is 1. The maximum Gasteiger partial charge on any atom is 0.321 e. The van der Waals surface area contributed by atoms with Crippen LogP contribution in [0.3, 0.4) is 0 Å². The summed E-state index contributed by atoms with van der Waals surface area (Å²) in [5, 5.41) is 5.71.